The third-order valence-corrected chi connectivity index (χ3v) is 4.24. The van der Waals surface area contributed by atoms with Crippen LogP contribution in [0, 0.1) is 11.3 Å². The molecule has 0 bridgehead atoms. The lowest BCUT2D eigenvalue weighted by molar-refractivity contribution is 0.123. The number of hydrogen-bond acceptors (Lipinski definition) is 3. The van der Waals surface area contributed by atoms with Crippen LogP contribution in [0.3, 0.4) is 0 Å². The molecular formula is C13H26N2O. The summed E-state index contributed by atoms with van der Waals surface area (Å²) in [6.07, 6.45) is 5.25. The van der Waals surface area contributed by atoms with Crippen molar-refractivity contribution in [2.24, 2.45) is 17.1 Å². The molecule has 0 amide bonds. The van der Waals surface area contributed by atoms with E-state index in [4.69, 9.17) is 10.5 Å². The van der Waals surface area contributed by atoms with Gasteiger partial charge in [0.25, 0.3) is 0 Å². The summed E-state index contributed by atoms with van der Waals surface area (Å²) in [5.41, 5.74) is 6.20. The Kier molecular flexibility index (Phi) is 4.22. The molecular weight excluding hydrogens is 200 g/mol. The summed E-state index contributed by atoms with van der Waals surface area (Å²) in [4.78, 5) is 2.61. The van der Waals surface area contributed by atoms with Crippen LogP contribution >= 0.6 is 0 Å². The largest absolute Gasteiger partial charge is 0.381 e. The molecule has 0 radical (unpaired) electrons. The Bertz CT molecular complexity index is 214. The molecule has 94 valence electrons. The number of nitrogens with zero attached hydrogens (tertiary/aromatic N) is 1. The first-order chi connectivity index (χ1) is 7.78. The number of ether oxygens (including phenoxy) is 1. The van der Waals surface area contributed by atoms with E-state index >= 15 is 0 Å². The van der Waals surface area contributed by atoms with Gasteiger partial charge in [0.1, 0.15) is 0 Å². The van der Waals surface area contributed by atoms with Crippen LogP contribution in [0.15, 0.2) is 0 Å². The van der Waals surface area contributed by atoms with Crippen LogP contribution < -0.4 is 5.73 Å². The number of rotatable bonds is 5. The quantitative estimate of drug-likeness (QED) is 0.771. The standard InChI is InChI=1S/C13H26N2O/c1-2-3-12-4-6-15(8-12)10-13(9-14)5-7-16-11-13/h12H,2-11,14H2,1H3. The lowest BCUT2D eigenvalue weighted by Gasteiger charge is -2.31. The van der Waals surface area contributed by atoms with Gasteiger partial charge in [0.15, 0.2) is 0 Å². The first kappa shape index (κ1) is 12.3. The third-order valence-electron chi connectivity index (χ3n) is 4.24. The number of hydrogen-bond donors (Lipinski definition) is 1. The van der Waals surface area contributed by atoms with Gasteiger partial charge in [-0.15, -0.1) is 0 Å². The minimum absolute atomic E-state index is 0.265. The molecule has 2 unspecified atom stereocenters. The summed E-state index contributed by atoms with van der Waals surface area (Å²) < 4.78 is 5.53. The van der Waals surface area contributed by atoms with Gasteiger partial charge in [-0.3, -0.25) is 0 Å². The number of nitrogens with two attached hydrogens (primary N) is 1. The van der Waals surface area contributed by atoms with E-state index in [9.17, 15) is 0 Å². The summed E-state index contributed by atoms with van der Waals surface area (Å²) >= 11 is 0. The lowest BCUT2D eigenvalue weighted by atomic mass is 9.87. The molecule has 2 saturated heterocycles. The van der Waals surface area contributed by atoms with Gasteiger partial charge in [0.05, 0.1) is 6.61 Å². The van der Waals surface area contributed by atoms with Crippen molar-refractivity contribution in [1.82, 2.24) is 4.90 Å². The van der Waals surface area contributed by atoms with Gasteiger partial charge in [-0.1, -0.05) is 13.3 Å². The Morgan fingerprint density at radius 2 is 2.38 bits per heavy atom. The number of likely N-dealkylation sites (tertiary alicyclic amines) is 1. The SMILES string of the molecule is CCCC1CCN(CC2(CN)CCOC2)C1. The molecule has 2 heterocycles. The van der Waals surface area contributed by atoms with Crippen LogP contribution in [-0.4, -0.2) is 44.3 Å². The molecule has 0 spiro atoms. The summed E-state index contributed by atoms with van der Waals surface area (Å²) in [5, 5.41) is 0. The van der Waals surface area contributed by atoms with Crippen LogP contribution in [0.5, 0.6) is 0 Å². The Balaban J connectivity index is 1.81. The van der Waals surface area contributed by atoms with Gasteiger partial charge >= 0.3 is 0 Å². The Hall–Kier alpha value is -0.120. The van der Waals surface area contributed by atoms with Crippen molar-refractivity contribution in [2.45, 2.75) is 32.6 Å². The van der Waals surface area contributed by atoms with Gasteiger partial charge in [-0.2, -0.15) is 0 Å². The van der Waals surface area contributed by atoms with E-state index in [1.807, 2.05) is 0 Å². The van der Waals surface area contributed by atoms with Crippen molar-refractivity contribution in [3.8, 4) is 0 Å². The predicted octanol–water partition coefficient (Wildman–Crippen LogP) is 1.47. The van der Waals surface area contributed by atoms with E-state index in [1.54, 1.807) is 0 Å². The average Bonchev–Trinajstić information content (AvgIpc) is 2.90. The van der Waals surface area contributed by atoms with E-state index < -0.39 is 0 Å². The minimum Gasteiger partial charge on any atom is -0.381 e. The molecule has 0 aromatic rings. The van der Waals surface area contributed by atoms with Gasteiger partial charge in [-0.05, 0) is 31.7 Å². The molecule has 2 N–H and O–H groups in total. The molecule has 2 rings (SSSR count). The zero-order valence-corrected chi connectivity index (χ0v) is 10.6. The zero-order chi connectivity index (χ0) is 11.4. The highest BCUT2D eigenvalue weighted by Gasteiger charge is 2.37. The molecule has 0 aromatic heterocycles. The van der Waals surface area contributed by atoms with Crippen LogP contribution in [0.1, 0.15) is 32.6 Å². The fourth-order valence-electron chi connectivity index (χ4n) is 3.17. The summed E-state index contributed by atoms with van der Waals surface area (Å²) in [7, 11) is 0. The highest BCUT2D eigenvalue weighted by Crippen LogP contribution is 2.31. The highest BCUT2D eigenvalue weighted by atomic mass is 16.5. The molecule has 0 aromatic carbocycles. The van der Waals surface area contributed by atoms with Crippen LogP contribution in [0.25, 0.3) is 0 Å². The second-order valence-electron chi connectivity index (χ2n) is 5.69. The monoisotopic (exact) mass is 226 g/mol. The molecule has 3 nitrogen and oxygen atoms in total. The Labute approximate surface area is 99.3 Å². The van der Waals surface area contributed by atoms with Crippen molar-refractivity contribution in [1.29, 1.82) is 0 Å². The topological polar surface area (TPSA) is 38.5 Å². The van der Waals surface area contributed by atoms with Crippen LogP contribution in [0.4, 0.5) is 0 Å². The maximum absolute atomic E-state index is 5.93. The molecule has 2 aliphatic rings. The molecule has 16 heavy (non-hydrogen) atoms. The first-order valence-electron chi connectivity index (χ1n) is 6.78. The fraction of sp³-hybridized carbons (Fsp3) is 1.00. The third kappa shape index (κ3) is 2.76. The van der Waals surface area contributed by atoms with Gasteiger partial charge in [-0.25, -0.2) is 0 Å². The molecule has 3 heteroatoms. The molecule has 2 aliphatic heterocycles. The zero-order valence-electron chi connectivity index (χ0n) is 10.6. The van der Waals surface area contributed by atoms with E-state index in [-0.39, 0.29) is 5.41 Å². The minimum atomic E-state index is 0.265. The van der Waals surface area contributed by atoms with E-state index in [2.05, 4.69) is 11.8 Å². The van der Waals surface area contributed by atoms with Gasteiger partial charge in [0, 0.05) is 31.7 Å². The smallest absolute Gasteiger partial charge is 0.0547 e. The predicted molar refractivity (Wildman–Crippen MR) is 66.4 cm³/mol. The fourth-order valence-corrected chi connectivity index (χ4v) is 3.17. The van der Waals surface area contributed by atoms with Crippen molar-refractivity contribution >= 4 is 0 Å². The Morgan fingerprint density at radius 3 is 3.00 bits per heavy atom. The maximum atomic E-state index is 5.93. The normalized spacial score (nSPS) is 36.0. The second-order valence-corrected chi connectivity index (χ2v) is 5.69. The van der Waals surface area contributed by atoms with E-state index in [0.717, 1.165) is 38.6 Å². The summed E-state index contributed by atoms with van der Waals surface area (Å²) in [6, 6.07) is 0. The van der Waals surface area contributed by atoms with Crippen molar-refractivity contribution < 1.29 is 4.74 Å². The lowest BCUT2D eigenvalue weighted by Crippen LogP contribution is -2.42. The molecule has 0 saturated carbocycles. The summed E-state index contributed by atoms with van der Waals surface area (Å²) in [5.74, 6) is 0.933. The van der Waals surface area contributed by atoms with E-state index in [0.29, 0.717) is 0 Å². The maximum Gasteiger partial charge on any atom is 0.0547 e. The van der Waals surface area contributed by atoms with Crippen molar-refractivity contribution in [2.75, 3.05) is 39.4 Å². The first-order valence-corrected chi connectivity index (χ1v) is 6.78. The average molecular weight is 226 g/mol. The highest BCUT2D eigenvalue weighted by molar-refractivity contribution is 4.89. The second kappa shape index (κ2) is 5.48. The van der Waals surface area contributed by atoms with Crippen LogP contribution in [-0.2, 0) is 4.74 Å². The van der Waals surface area contributed by atoms with Gasteiger partial charge < -0.3 is 15.4 Å². The van der Waals surface area contributed by atoms with Crippen molar-refractivity contribution in [3.05, 3.63) is 0 Å². The van der Waals surface area contributed by atoms with Crippen LogP contribution in [0.2, 0.25) is 0 Å². The van der Waals surface area contributed by atoms with Gasteiger partial charge in [0.2, 0.25) is 0 Å². The van der Waals surface area contributed by atoms with E-state index in [1.165, 1.54) is 32.4 Å². The molecule has 2 fully saturated rings. The molecule has 0 aliphatic carbocycles. The molecule has 2 atom stereocenters. The summed E-state index contributed by atoms with van der Waals surface area (Å²) in [6.45, 7) is 8.56. The Morgan fingerprint density at radius 1 is 1.50 bits per heavy atom. The van der Waals surface area contributed by atoms with Crippen molar-refractivity contribution in [3.63, 3.8) is 0 Å².